The molecule has 1 atom stereocenters. The number of anilines is 1. The van der Waals surface area contributed by atoms with Crippen LogP contribution in [0.15, 0.2) is 0 Å². The number of aliphatic hydroxyl groups excluding tert-OH is 1. The number of carbonyl (C=O) groups is 1. The van der Waals surface area contributed by atoms with Gasteiger partial charge in [-0.2, -0.15) is 0 Å². The van der Waals surface area contributed by atoms with Crippen LogP contribution in [0.2, 0.25) is 0 Å². The Kier molecular flexibility index (Phi) is 4.71. The van der Waals surface area contributed by atoms with E-state index in [4.69, 9.17) is 0 Å². The number of likely N-dealkylation sites (tertiary alicyclic amines) is 1. The SMILES string of the molecule is CCc1nnc(NC(=O)N2CCC(C(C)O)CC2)s1. The fraction of sp³-hybridized carbons (Fsp3) is 0.750. The Morgan fingerprint density at radius 3 is 2.74 bits per heavy atom. The Morgan fingerprint density at radius 2 is 2.21 bits per heavy atom. The van der Waals surface area contributed by atoms with Crippen molar-refractivity contribution in [2.45, 2.75) is 39.2 Å². The molecule has 2 N–H and O–H groups in total. The van der Waals surface area contributed by atoms with Crippen LogP contribution in [0.1, 0.15) is 31.7 Å². The molecule has 1 saturated heterocycles. The molecule has 0 radical (unpaired) electrons. The lowest BCUT2D eigenvalue weighted by Crippen LogP contribution is -2.42. The highest BCUT2D eigenvalue weighted by molar-refractivity contribution is 7.15. The number of aliphatic hydroxyl groups is 1. The van der Waals surface area contributed by atoms with E-state index in [0.29, 0.717) is 24.1 Å². The third-order valence-corrected chi connectivity index (χ3v) is 4.48. The molecule has 0 aromatic carbocycles. The van der Waals surface area contributed by atoms with Gasteiger partial charge in [0.15, 0.2) is 0 Å². The fourth-order valence-electron chi connectivity index (χ4n) is 2.20. The number of rotatable bonds is 3. The van der Waals surface area contributed by atoms with Crippen molar-refractivity contribution in [3.63, 3.8) is 0 Å². The zero-order valence-corrected chi connectivity index (χ0v) is 12.1. The van der Waals surface area contributed by atoms with E-state index < -0.39 is 0 Å². The van der Waals surface area contributed by atoms with Crippen LogP contribution < -0.4 is 5.32 Å². The normalized spacial score (nSPS) is 18.4. The Morgan fingerprint density at radius 1 is 1.53 bits per heavy atom. The van der Waals surface area contributed by atoms with E-state index in [-0.39, 0.29) is 12.1 Å². The van der Waals surface area contributed by atoms with E-state index >= 15 is 0 Å². The van der Waals surface area contributed by atoms with Gasteiger partial charge >= 0.3 is 6.03 Å². The van der Waals surface area contributed by atoms with Crippen molar-refractivity contribution in [1.82, 2.24) is 15.1 Å². The number of urea groups is 1. The largest absolute Gasteiger partial charge is 0.393 e. The summed E-state index contributed by atoms with van der Waals surface area (Å²) in [6.07, 6.45) is 2.23. The molecular weight excluding hydrogens is 264 g/mol. The Bertz CT molecular complexity index is 427. The number of nitrogens with zero attached hydrogens (tertiary/aromatic N) is 3. The second-order valence-electron chi connectivity index (χ2n) is 4.85. The third kappa shape index (κ3) is 3.63. The second-order valence-corrected chi connectivity index (χ2v) is 5.91. The van der Waals surface area contributed by atoms with E-state index in [1.165, 1.54) is 11.3 Å². The van der Waals surface area contributed by atoms with Gasteiger partial charge in [0.25, 0.3) is 0 Å². The molecule has 0 saturated carbocycles. The van der Waals surface area contributed by atoms with Gasteiger partial charge in [-0.05, 0) is 32.1 Å². The molecule has 1 aromatic rings. The Balaban J connectivity index is 1.84. The van der Waals surface area contributed by atoms with Crippen molar-refractivity contribution < 1.29 is 9.90 Å². The van der Waals surface area contributed by atoms with Crippen molar-refractivity contribution in [1.29, 1.82) is 0 Å². The Labute approximate surface area is 116 Å². The second kappa shape index (κ2) is 6.29. The number of aryl methyl sites for hydroxylation is 1. The van der Waals surface area contributed by atoms with Crippen LogP contribution in [0, 0.1) is 5.92 Å². The maximum atomic E-state index is 12.0. The first kappa shape index (κ1) is 14.2. The molecule has 1 aliphatic heterocycles. The monoisotopic (exact) mass is 284 g/mol. The highest BCUT2D eigenvalue weighted by Crippen LogP contribution is 2.22. The van der Waals surface area contributed by atoms with Crippen molar-refractivity contribution in [2.24, 2.45) is 5.92 Å². The molecule has 106 valence electrons. The summed E-state index contributed by atoms with van der Waals surface area (Å²) >= 11 is 1.41. The van der Waals surface area contributed by atoms with Crippen molar-refractivity contribution >= 4 is 22.5 Å². The summed E-state index contributed by atoms with van der Waals surface area (Å²) in [4.78, 5) is 13.8. The molecule has 0 bridgehead atoms. The summed E-state index contributed by atoms with van der Waals surface area (Å²) < 4.78 is 0. The molecule has 19 heavy (non-hydrogen) atoms. The first-order valence-electron chi connectivity index (χ1n) is 6.66. The topological polar surface area (TPSA) is 78.4 Å². The maximum absolute atomic E-state index is 12.0. The fourth-order valence-corrected chi connectivity index (χ4v) is 2.87. The average Bonchev–Trinajstić information content (AvgIpc) is 2.86. The van der Waals surface area contributed by atoms with Crippen molar-refractivity contribution in [3.8, 4) is 0 Å². The van der Waals surface area contributed by atoms with Gasteiger partial charge in [-0.1, -0.05) is 18.3 Å². The molecule has 2 rings (SSSR count). The first-order chi connectivity index (χ1) is 9.10. The number of amides is 2. The number of hydrogen-bond acceptors (Lipinski definition) is 5. The lowest BCUT2D eigenvalue weighted by Gasteiger charge is -2.32. The van der Waals surface area contributed by atoms with E-state index in [2.05, 4.69) is 15.5 Å². The standard InChI is InChI=1S/C12H20N4O2S/c1-3-10-14-15-11(19-10)13-12(18)16-6-4-9(5-7-16)8(2)17/h8-9,17H,3-7H2,1-2H3,(H,13,15,18). The first-order valence-corrected chi connectivity index (χ1v) is 7.48. The Hall–Kier alpha value is -1.21. The number of aromatic nitrogens is 2. The van der Waals surface area contributed by atoms with Gasteiger partial charge in [-0.15, -0.1) is 10.2 Å². The van der Waals surface area contributed by atoms with Crippen LogP contribution in [0.4, 0.5) is 9.93 Å². The minimum absolute atomic E-state index is 0.122. The molecule has 0 spiro atoms. The number of carbonyl (C=O) groups excluding carboxylic acids is 1. The molecule has 1 aromatic heterocycles. The number of nitrogens with one attached hydrogen (secondary N) is 1. The van der Waals surface area contributed by atoms with E-state index in [9.17, 15) is 9.90 Å². The van der Waals surface area contributed by atoms with Crippen LogP contribution in [-0.2, 0) is 6.42 Å². The lowest BCUT2D eigenvalue weighted by molar-refractivity contribution is 0.0820. The highest BCUT2D eigenvalue weighted by atomic mass is 32.1. The summed E-state index contributed by atoms with van der Waals surface area (Å²) in [6.45, 7) is 5.18. The van der Waals surface area contributed by atoms with Crippen LogP contribution in [-0.4, -0.2) is 45.4 Å². The molecule has 2 amide bonds. The van der Waals surface area contributed by atoms with Gasteiger partial charge in [0.05, 0.1) is 6.10 Å². The van der Waals surface area contributed by atoms with Crippen LogP contribution in [0.3, 0.4) is 0 Å². The minimum Gasteiger partial charge on any atom is -0.393 e. The van der Waals surface area contributed by atoms with E-state index in [1.807, 2.05) is 13.8 Å². The van der Waals surface area contributed by atoms with Crippen LogP contribution in [0.25, 0.3) is 0 Å². The van der Waals surface area contributed by atoms with Gasteiger partial charge in [0, 0.05) is 13.1 Å². The smallest absolute Gasteiger partial charge is 0.323 e. The summed E-state index contributed by atoms with van der Waals surface area (Å²) in [7, 11) is 0. The van der Waals surface area contributed by atoms with Crippen LogP contribution in [0.5, 0.6) is 0 Å². The molecular formula is C12H20N4O2S. The average molecular weight is 284 g/mol. The van der Waals surface area contributed by atoms with Gasteiger partial charge in [0.2, 0.25) is 5.13 Å². The summed E-state index contributed by atoms with van der Waals surface area (Å²) in [5, 5.41) is 21.7. The molecule has 1 fully saturated rings. The van der Waals surface area contributed by atoms with Crippen molar-refractivity contribution in [2.75, 3.05) is 18.4 Å². The van der Waals surface area contributed by atoms with E-state index in [1.54, 1.807) is 4.90 Å². The predicted molar refractivity (Wildman–Crippen MR) is 74.3 cm³/mol. The molecule has 7 heteroatoms. The zero-order chi connectivity index (χ0) is 13.8. The summed E-state index contributed by atoms with van der Waals surface area (Å²) in [5.74, 6) is 0.303. The molecule has 1 aliphatic rings. The summed E-state index contributed by atoms with van der Waals surface area (Å²) in [5.41, 5.74) is 0. The van der Waals surface area contributed by atoms with Gasteiger partial charge in [-0.25, -0.2) is 4.79 Å². The number of piperidine rings is 1. The maximum Gasteiger partial charge on any atom is 0.323 e. The molecule has 2 heterocycles. The van der Waals surface area contributed by atoms with Crippen LogP contribution >= 0.6 is 11.3 Å². The molecule has 0 aliphatic carbocycles. The van der Waals surface area contributed by atoms with Crippen molar-refractivity contribution in [3.05, 3.63) is 5.01 Å². The highest BCUT2D eigenvalue weighted by Gasteiger charge is 2.25. The van der Waals surface area contributed by atoms with Gasteiger partial charge in [0.1, 0.15) is 5.01 Å². The predicted octanol–water partition coefficient (Wildman–Crippen LogP) is 1.73. The van der Waals surface area contributed by atoms with E-state index in [0.717, 1.165) is 24.3 Å². The molecule has 6 nitrogen and oxygen atoms in total. The third-order valence-electron chi connectivity index (χ3n) is 3.49. The number of hydrogen-bond donors (Lipinski definition) is 2. The zero-order valence-electron chi connectivity index (χ0n) is 11.3. The lowest BCUT2D eigenvalue weighted by atomic mass is 9.92. The molecule has 1 unspecified atom stereocenters. The van der Waals surface area contributed by atoms with Gasteiger partial charge in [-0.3, -0.25) is 5.32 Å². The minimum atomic E-state index is -0.291. The summed E-state index contributed by atoms with van der Waals surface area (Å²) in [6, 6.07) is -0.122. The van der Waals surface area contributed by atoms with Gasteiger partial charge < -0.3 is 10.0 Å². The quantitative estimate of drug-likeness (QED) is 0.886.